The van der Waals surface area contributed by atoms with Crippen LogP contribution < -0.4 is 5.32 Å². The van der Waals surface area contributed by atoms with Crippen molar-refractivity contribution in [3.8, 4) is 0 Å². The number of amides is 1. The van der Waals surface area contributed by atoms with E-state index in [0.29, 0.717) is 25.9 Å². The average molecular weight is 398 g/mol. The number of rotatable bonds is 6. The topological polar surface area (TPSA) is 79.4 Å². The molecule has 1 amide bonds. The summed E-state index contributed by atoms with van der Waals surface area (Å²) in [6, 6.07) is 6.40. The third-order valence-corrected chi connectivity index (χ3v) is 7.96. The number of hydrogen-bond donors (Lipinski definition) is 1. The predicted octanol–water partition coefficient (Wildman–Crippen LogP) is 2.33. The van der Waals surface area contributed by atoms with Gasteiger partial charge in [-0.15, -0.1) is 23.1 Å². The first-order valence-electron chi connectivity index (χ1n) is 7.84. The summed E-state index contributed by atoms with van der Waals surface area (Å²) in [5.74, 6) is -0.250. The van der Waals surface area contributed by atoms with Crippen molar-refractivity contribution in [1.29, 1.82) is 0 Å². The Kier molecular flexibility index (Phi) is 5.78. The van der Waals surface area contributed by atoms with Crippen molar-refractivity contribution in [3.05, 3.63) is 41.4 Å². The summed E-state index contributed by atoms with van der Waals surface area (Å²) in [4.78, 5) is 16.8. The van der Waals surface area contributed by atoms with Crippen molar-refractivity contribution < 1.29 is 13.2 Å². The average Bonchev–Trinajstić information content (AvgIpc) is 3.31. The Morgan fingerprint density at radius 2 is 2.32 bits per heavy atom. The Morgan fingerprint density at radius 3 is 3.04 bits per heavy atom. The van der Waals surface area contributed by atoms with Crippen molar-refractivity contribution in [1.82, 2.24) is 14.6 Å². The third kappa shape index (κ3) is 4.05. The number of pyridine rings is 1. The summed E-state index contributed by atoms with van der Waals surface area (Å²) < 4.78 is 27.0. The molecule has 1 saturated heterocycles. The number of sulfonamides is 1. The van der Waals surface area contributed by atoms with Gasteiger partial charge in [0.1, 0.15) is 10.3 Å². The molecule has 0 bridgehead atoms. The number of thioether (sulfide) groups is 1. The van der Waals surface area contributed by atoms with Gasteiger partial charge in [0.25, 0.3) is 10.0 Å². The van der Waals surface area contributed by atoms with Gasteiger partial charge in [0.2, 0.25) is 5.91 Å². The van der Waals surface area contributed by atoms with Gasteiger partial charge in [-0.25, -0.2) is 13.4 Å². The highest BCUT2D eigenvalue weighted by atomic mass is 32.2. The molecule has 25 heavy (non-hydrogen) atoms. The minimum Gasteiger partial charge on any atom is -0.351 e. The van der Waals surface area contributed by atoms with E-state index in [1.807, 2.05) is 18.4 Å². The molecule has 6 nitrogen and oxygen atoms in total. The molecule has 0 unspecified atom stereocenters. The zero-order valence-corrected chi connectivity index (χ0v) is 16.2. The summed E-state index contributed by atoms with van der Waals surface area (Å²) >= 11 is 2.71. The molecular formula is C16H19N3O3S3. The molecule has 1 N–H and O–H groups in total. The van der Waals surface area contributed by atoms with E-state index in [2.05, 4.69) is 10.3 Å². The van der Waals surface area contributed by atoms with Gasteiger partial charge < -0.3 is 5.32 Å². The number of thiophene rings is 1. The molecule has 2 aromatic rings. The summed E-state index contributed by atoms with van der Waals surface area (Å²) in [7, 11) is -3.61. The molecule has 1 atom stereocenters. The molecule has 1 aliphatic heterocycles. The fraction of sp³-hybridized carbons (Fsp3) is 0.375. The molecule has 3 rings (SSSR count). The smallest absolute Gasteiger partial charge is 0.253 e. The summed E-state index contributed by atoms with van der Waals surface area (Å²) in [5, 5.41) is 5.47. The highest BCUT2D eigenvalue weighted by molar-refractivity contribution is 7.98. The second kappa shape index (κ2) is 7.86. The molecule has 0 radical (unpaired) electrons. The van der Waals surface area contributed by atoms with Crippen LogP contribution in [0.2, 0.25) is 0 Å². The van der Waals surface area contributed by atoms with Gasteiger partial charge >= 0.3 is 0 Å². The van der Waals surface area contributed by atoms with E-state index in [1.165, 1.54) is 27.4 Å². The zero-order valence-electron chi connectivity index (χ0n) is 13.7. The lowest BCUT2D eigenvalue weighted by Crippen LogP contribution is -2.45. The maximum atomic E-state index is 12.7. The number of carbonyl (C=O) groups is 1. The molecule has 0 aliphatic carbocycles. The van der Waals surface area contributed by atoms with Gasteiger partial charge in [-0.2, -0.15) is 4.31 Å². The van der Waals surface area contributed by atoms with E-state index in [1.54, 1.807) is 23.7 Å². The van der Waals surface area contributed by atoms with Crippen LogP contribution in [-0.2, 0) is 21.4 Å². The van der Waals surface area contributed by atoms with Crippen LogP contribution in [-0.4, -0.2) is 42.5 Å². The number of nitrogens with one attached hydrogen (secondary N) is 1. The van der Waals surface area contributed by atoms with E-state index >= 15 is 0 Å². The molecule has 1 aliphatic rings. The molecule has 0 aromatic carbocycles. The van der Waals surface area contributed by atoms with Crippen molar-refractivity contribution in [3.63, 3.8) is 0 Å². The number of hydrogen-bond acceptors (Lipinski definition) is 6. The number of carbonyl (C=O) groups excluding carboxylic acids is 1. The van der Waals surface area contributed by atoms with Gasteiger partial charge in [-0.1, -0.05) is 6.07 Å². The van der Waals surface area contributed by atoms with Crippen LogP contribution in [0.15, 0.2) is 45.1 Å². The SMILES string of the molecule is CSc1cc(CNC(=O)[C@@H]2CCCN2S(=O)(=O)c2cccs2)ccn1. The van der Waals surface area contributed by atoms with Crippen molar-refractivity contribution in [2.75, 3.05) is 12.8 Å². The van der Waals surface area contributed by atoms with Gasteiger partial charge in [0.05, 0.1) is 5.03 Å². The van der Waals surface area contributed by atoms with E-state index in [9.17, 15) is 13.2 Å². The highest BCUT2D eigenvalue weighted by Crippen LogP contribution is 2.28. The Balaban J connectivity index is 1.69. The van der Waals surface area contributed by atoms with Crippen molar-refractivity contribution >= 4 is 39.0 Å². The minimum atomic E-state index is -3.61. The molecule has 1 fully saturated rings. The molecule has 3 heterocycles. The Bertz CT molecular complexity index is 837. The van der Waals surface area contributed by atoms with Gasteiger partial charge in [0, 0.05) is 19.3 Å². The Hall–Kier alpha value is -1.42. The predicted molar refractivity (Wildman–Crippen MR) is 99.1 cm³/mol. The van der Waals surface area contributed by atoms with Gasteiger partial charge in [-0.3, -0.25) is 4.79 Å². The first-order valence-corrected chi connectivity index (χ1v) is 11.4. The second-order valence-electron chi connectivity index (χ2n) is 5.63. The first-order chi connectivity index (χ1) is 12.0. The third-order valence-electron chi connectivity index (χ3n) is 4.04. The molecule has 0 saturated carbocycles. The quantitative estimate of drug-likeness (QED) is 0.757. The van der Waals surface area contributed by atoms with Crippen LogP contribution in [0.5, 0.6) is 0 Å². The largest absolute Gasteiger partial charge is 0.351 e. The lowest BCUT2D eigenvalue weighted by atomic mass is 10.2. The number of nitrogens with zero attached hydrogens (tertiary/aromatic N) is 2. The van der Waals surface area contributed by atoms with Gasteiger partial charge in [-0.05, 0) is 48.2 Å². The minimum absolute atomic E-state index is 0.250. The van der Waals surface area contributed by atoms with Crippen LogP contribution in [0.25, 0.3) is 0 Å². The molecule has 0 spiro atoms. The standard InChI is InChI=1S/C16H19N3O3S3/c1-23-14-10-12(6-7-17-14)11-18-16(20)13-4-2-8-19(13)25(21,22)15-5-3-9-24-15/h3,5-7,9-10,13H,2,4,8,11H2,1H3,(H,18,20)/t13-/m0/s1. The number of aromatic nitrogens is 1. The first kappa shape index (κ1) is 18.4. The normalized spacial score (nSPS) is 18.4. The van der Waals surface area contributed by atoms with E-state index < -0.39 is 16.1 Å². The van der Waals surface area contributed by atoms with Crippen LogP contribution in [0, 0.1) is 0 Å². The van der Waals surface area contributed by atoms with Crippen LogP contribution in [0.1, 0.15) is 18.4 Å². The Morgan fingerprint density at radius 1 is 1.48 bits per heavy atom. The fourth-order valence-electron chi connectivity index (χ4n) is 2.79. The summed E-state index contributed by atoms with van der Waals surface area (Å²) in [5.41, 5.74) is 0.943. The van der Waals surface area contributed by atoms with Crippen LogP contribution in [0.4, 0.5) is 0 Å². The Labute approximate surface area is 155 Å². The summed E-state index contributed by atoms with van der Waals surface area (Å²) in [6.45, 7) is 0.739. The maximum absolute atomic E-state index is 12.7. The highest BCUT2D eigenvalue weighted by Gasteiger charge is 2.39. The fourth-order valence-corrected chi connectivity index (χ4v) is 6.01. The van der Waals surface area contributed by atoms with Crippen LogP contribution >= 0.6 is 23.1 Å². The van der Waals surface area contributed by atoms with E-state index in [0.717, 1.165) is 10.6 Å². The second-order valence-corrected chi connectivity index (χ2v) is 9.52. The zero-order chi connectivity index (χ0) is 17.9. The lowest BCUT2D eigenvalue weighted by Gasteiger charge is -2.22. The van der Waals surface area contributed by atoms with Gasteiger partial charge in [0.15, 0.2) is 0 Å². The van der Waals surface area contributed by atoms with Crippen LogP contribution in [0.3, 0.4) is 0 Å². The maximum Gasteiger partial charge on any atom is 0.253 e. The molecular weight excluding hydrogens is 378 g/mol. The van der Waals surface area contributed by atoms with E-state index in [4.69, 9.17) is 0 Å². The monoisotopic (exact) mass is 397 g/mol. The van der Waals surface area contributed by atoms with E-state index in [-0.39, 0.29) is 10.1 Å². The molecule has 134 valence electrons. The molecule has 2 aromatic heterocycles. The summed E-state index contributed by atoms with van der Waals surface area (Å²) in [6.07, 6.45) is 4.88. The van der Waals surface area contributed by atoms with Crippen molar-refractivity contribution in [2.24, 2.45) is 0 Å². The lowest BCUT2D eigenvalue weighted by molar-refractivity contribution is -0.124. The molecule has 9 heteroatoms. The van der Waals surface area contributed by atoms with Crippen molar-refractivity contribution in [2.45, 2.75) is 34.7 Å².